The first-order valence-corrected chi connectivity index (χ1v) is 7.53. The Morgan fingerprint density at radius 3 is 2.50 bits per heavy atom. The summed E-state index contributed by atoms with van der Waals surface area (Å²) in [6.45, 7) is 3.94. The van der Waals surface area contributed by atoms with E-state index in [1.54, 1.807) is 12.1 Å². The van der Waals surface area contributed by atoms with Gasteiger partial charge in [-0.25, -0.2) is 0 Å². The molecule has 0 fully saturated rings. The molecule has 0 aliphatic rings. The number of aliphatic hydroxyl groups is 1. The van der Waals surface area contributed by atoms with E-state index in [9.17, 15) is 5.11 Å². The van der Waals surface area contributed by atoms with Crippen molar-refractivity contribution in [3.8, 4) is 5.75 Å². The maximum absolute atomic E-state index is 10.5. The van der Waals surface area contributed by atoms with Gasteiger partial charge in [-0.2, -0.15) is 0 Å². The van der Waals surface area contributed by atoms with Crippen molar-refractivity contribution in [3.05, 3.63) is 63.1 Å². The average Bonchev–Trinajstić information content (AvgIpc) is 2.36. The Balaban J connectivity index is 2.30. The van der Waals surface area contributed by atoms with Crippen LogP contribution in [0.15, 0.2) is 46.9 Å². The zero-order valence-corrected chi connectivity index (χ0v) is 13.6. The maximum atomic E-state index is 10.5. The standard InChI is InChI=1S/C16H16BrClO2/c1-10(2)20-15-5-3-4-11(8-15)16(19)12-6-13(17)9-14(18)7-12/h3-10,16,19H,1-2H3. The number of ether oxygens (including phenoxy) is 1. The van der Waals surface area contributed by atoms with E-state index < -0.39 is 6.10 Å². The first kappa shape index (κ1) is 15.4. The molecule has 2 nitrogen and oxygen atoms in total. The van der Waals surface area contributed by atoms with Gasteiger partial charge in [0.25, 0.3) is 0 Å². The van der Waals surface area contributed by atoms with E-state index in [0.717, 1.165) is 21.3 Å². The van der Waals surface area contributed by atoms with Crippen molar-refractivity contribution in [1.82, 2.24) is 0 Å². The van der Waals surface area contributed by atoms with Crippen LogP contribution in [0.5, 0.6) is 5.75 Å². The minimum atomic E-state index is -0.735. The quantitative estimate of drug-likeness (QED) is 0.839. The number of hydrogen-bond acceptors (Lipinski definition) is 2. The lowest BCUT2D eigenvalue weighted by molar-refractivity contribution is 0.216. The molecule has 0 aromatic heterocycles. The Morgan fingerprint density at radius 1 is 1.10 bits per heavy atom. The van der Waals surface area contributed by atoms with Crippen LogP contribution in [0.4, 0.5) is 0 Å². The van der Waals surface area contributed by atoms with Gasteiger partial charge in [-0.1, -0.05) is 39.7 Å². The van der Waals surface area contributed by atoms with Gasteiger partial charge in [0.05, 0.1) is 6.10 Å². The van der Waals surface area contributed by atoms with Crippen molar-refractivity contribution in [2.24, 2.45) is 0 Å². The maximum Gasteiger partial charge on any atom is 0.120 e. The minimum absolute atomic E-state index is 0.0997. The summed E-state index contributed by atoms with van der Waals surface area (Å²) >= 11 is 9.40. The van der Waals surface area contributed by atoms with E-state index in [4.69, 9.17) is 16.3 Å². The molecule has 0 saturated heterocycles. The number of rotatable bonds is 4. The lowest BCUT2D eigenvalue weighted by atomic mass is 10.0. The third kappa shape index (κ3) is 3.98. The normalized spacial score (nSPS) is 12.5. The van der Waals surface area contributed by atoms with Crippen molar-refractivity contribution in [1.29, 1.82) is 0 Å². The number of hydrogen-bond donors (Lipinski definition) is 1. The zero-order chi connectivity index (χ0) is 14.7. The summed E-state index contributed by atoms with van der Waals surface area (Å²) in [6.07, 6.45) is -0.636. The van der Waals surface area contributed by atoms with Crippen molar-refractivity contribution in [2.45, 2.75) is 26.1 Å². The van der Waals surface area contributed by atoms with Crippen LogP contribution in [0.3, 0.4) is 0 Å². The van der Waals surface area contributed by atoms with Crippen molar-refractivity contribution < 1.29 is 9.84 Å². The molecule has 106 valence electrons. The second kappa shape index (κ2) is 6.61. The fourth-order valence-electron chi connectivity index (χ4n) is 1.96. The van der Waals surface area contributed by atoms with Crippen LogP contribution in [0.25, 0.3) is 0 Å². The molecule has 0 heterocycles. The van der Waals surface area contributed by atoms with Crippen molar-refractivity contribution in [2.75, 3.05) is 0 Å². The molecular formula is C16H16BrClO2. The second-order valence-corrected chi connectivity index (χ2v) is 6.20. The summed E-state index contributed by atoms with van der Waals surface area (Å²) in [7, 11) is 0. The van der Waals surface area contributed by atoms with Gasteiger partial charge in [0, 0.05) is 9.50 Å². The molecule has 2 aromatic rings. The molecule has 1 N–H and O–H groups in total. The van der Waals surface area contributed by atoms with E-state index in [0.29, 0.717) is 5.02 Å². The summed E-state index contributed by atoms with van der Waals surface area (Å²) in [4.78, 5) is 0. The highest BCUT2D eigenvalue weighted by molar-refractivity contribution is 9.10. The lowest BCUT2D eigenvalue weighted by Gasteiger charge is -2.15. The molecule has 1 unspecified atom stereocenters. The fourth-order valence-corrected chi connectivity index (χ4v) is 2.84. The summed E-state index contributed by atoms with van der Waals surface area (Å²) in [5.74, 6) is 0.748. The number of aliphatic hydroxyl groups excluding tert-OH is 1. The van der Waals surface area contributed by atoms with Crippen LogP contribution < -0.4 is 4.74 Å². The Hall–Kier alpha value is -1.03. The summed E-state index contributed by atoms with van der Waals surface area (Å²) in [5, 5.41) is 11.1. The van der Waals surface area contributed by atoms with Crippen LogP contribution in [0.2, 0.25) is 5.02 Å². The summed E-state index contributed by atoms with van der Waals surface area (Å²) < 4.78 is 6.48. The van der Waals surface area contributed by atoms with E-state index in [1.807, 2.05) is 44.2 Å². The predicted octanol–water partition coefficient (Wildman–Crippen LogP) is 4.97. The summed E-state index contributed by atoms with van der Waals surface area (Å²) in [5.41, 5.74) is 1.52. The van der Waals surface area contributed by atoms with Gasteiger partial charge in [-0.05, 0) is 55.3 Å². The van der Waals surface area contributed by atoms with Crippen molar-refractivity contribution in [3.63, 3.8) is 0 Å². The minimum Gasteiger partial charge on any atom is -0.491 e. The molecule has 0 amide bonds. The van der Waals surface area contributed by atoms with Crippen molar-refractivity contribution >= 4 is 27.5 Å². The van der Waals surface area contributed by atoms with Gasteiger partial charge in [0.1, 0.15) is 11.9 Å². The molecule has 20 heavy (non-hydrogen) atoms. The Kier molecular flexibility index (Phi) is 5.08. The number of benzene rings is 2. The van der Waals surface area contributed by atoms with Gasteiger partial charge >= 0.3 is 0 Å². The van der Waals surface area contributed by atoms with E-state index >= 15 is 0 Å². The van der Waals surface area contributed by atoms with Crippen LogP contribution in [0.1, 0.15) is 31.1 Å². The highest BCUT2D eigenvalue weighted by atomic mass is 79.9. The molecule has 0 radical (unpaired) electrons. The Labute approximate surface area is 132 Å². The third-order valence-corrected chi connectivity index (χ3v) is 3.42. The topological polar surface area (TPSA) is 29.5 Å². The van der Waals surface area contributed by atoms with E-state index in [-0.39, 0.29) is 6.10 Å². The molecule has 2 rings (SSSR count). The Bertz CT molecular complexity index is 579. The molecule has 0 saturated carbocycles. The number of halogens is 2. The first-order chi connectivity index (χ1) is 9.45. The van der Waals surface area contributed by atoms with Gasteiger partial charge in [-0.3, -0.25) is 0 Å². The third-order valence-electron chi connectivity index (χ3n) is 2.75. The molecule has 0 aliphatic carbocycles. The van der Waals surface area contributed by atoms with Crippen LogP contribution in [0, 0.1) is 0 Å². The molecule has 0 spiro atoms. The largest absolute Gasteiger partial charge is 0.491 e. The average molecular weight is 356 g/mol. The Morgan fingerprint density at radius 2 is 1.85 bits per heavy atom. The molecule has 0 aliphatic heterocycles. The van der Waals surface area contributed by atoms with Gasteiger partial charge in [-0.15, -0.1) is 0 Å². The molecule has 4 heteroatoms. The molecule has 0 bridgehead atoms. The molecular weight excluding hydrogens is 340 g/mol. The van der Waals surface area contributed by atoms with Gasteiger partial charge < -0.3 is 9.84 Å². The van der Waals surface area contributed by atoms with Gasteiger partial charge in [0.2, 0.25) is 0 Å². The van der Waals surface area contributed by atoms with Crippen LogP contribution >= 0.6 is 27.5 Å². The van der Waals surface area contributed by atoms with Crippen LogP contribution in [-0.4, -0.2) is 11.2 Å². The zero-order valence-electron chi connectivity index (χ0n) is 11.3. The van der Waals surface area contributed by atoms with Gasteiger partial charge in [0.15, 0.2) is 0 Å². The molecule has 1 atom stereocenters. The first-order valence-electron chi connectivity index (χ1n) is 6.36. The monoisotopic (exact) mass is 354 g/mol. The summed E-state index contributed by atoms with van der Waals surface area (Å²) in [6, 6.07) is 12.9. The predicted molar refractivity (Wildman–Crippen MR) is 85.4 cm³/mol. The highest BCUT2D eigenvalue weighted by Crippen LogP contribution is 2.29. The highest BCUT2D eigenvalue weighted by Gasteiger charge is 2.13. The molecule has 2 aromatic carbocycles. The second-order valence-electron chi connectivity index (χ2n) is 4.84. The van der Waals surface area contributed by atoms with E-state index in [2.05, 4.69) is 15.9 Å². The van der Waals surface area contributed by atoms with E-state index in [1.165, 1.54) is 0 Å². The van der Waals surface area contributed by atoms with Crippen LogP contribution in [-0.2, 0) is 0 Å². The SMILES string of the molecule is CC(C)Oc1cccc(C(O)c2cc(Cl)cc(Br)c2)c1. The smallest absolute Gasteiger partial charge is 0.120 e. The lowest BCUT2D eigenvalue weighted by Crippen LogP contribution is -2.06. The fraction of sp³-hybridized carbons (Fsp3) is 0.250.